The molecule has 1 aliphatic heterocycles. The van der Waals surface area contributed by atoms with Crippen molar-refractivity contribution in [3.8, 4) is 0 Å². The van der Waals surface area contributed by atoms with E-state index < -0.39 is 0 Å². The Balaban J connectivity index is 1.80. The number of aliphatic hydroxyl groups excluding tert-OH is 1. The summed E-state index contributed by atoms with van der Waals surface area (Å²) in [6, 6.07) is 16.3. The molecule has 1 aliphatic rings. The zero-order valence-electron chi connectivity index (χ0n) is 14.1. The predicted octanol–water partition coefficient (Wildman–Crippen LogP) is 4.09. The molecule has 0 saturated carbocycles. The zero-order chi connectivity index (χ0) is 17.2. The van der Waals surface area contributed by atoms with Gasteiger partial charge in [0, 0.05) is 11.6 Å². The molecule has 4 rings (SSSR count). The SMILES string of the molecule is OC[C@H]1CCCCN1c1nc2ccccc2n1Cc1cccc(Cl)c1. The Bertz CT molecular complexity index is 876. The lowest BCUT2D eigenvalue weighted by molar-refractivity contribution is 0.238. The van der Waals surface area contributed by atoms with Gasteiger partial charge >= 0.3 is 0 Å². The van der Waals surface area contributed by atoms with Gasteiger partial charge < -0.3 is 14.6 Å². The number of hydrogen-bond acceptors (Lipinski definition) is 3. The molecule has 1 fully saturated rings. The Hall–Kier alpha value is -2.04. The number of aliphatic hydroxyl groups is 1. The van der Waals surface area contributed by atoms with Crippen LogP contribution in [0, 0.1) is 0 Å². The van der Waals surface area contributed by atoms with Crippen molar-refractivity contribution < 1.29 is 5.11 Å². The van der Waals surface area contributed by atoms with Crippen molar-refractivity contribution in [3.05, 3.63) is 59.1 Å². The number of imidazole rings is 1. The van der Waals surface area contributed by atoms with Gasteiger partial charge in [-0.05, 0) is 49.1 Å². The molecule has 0 aliphatic carbocycles. The zero-order valence-corrected chi connectivity index (χ0v) is 14.9. The first-order valence-corrected chi connectivity index (χ1v) is 9.21. The van der Waals surface area contributed by atoms with Crippen LogP contribution >= 0.6 is 11.6 Å². The van der Waals surface area contributed by atoms with Crippen LogP contribution in [0.1, 0.15) is 24.8 Å². The van der Waals surface area contributed by atoms with Gasteiger partial charge in [-0.3, -0.25) is 0 Å². The average Bonchev–Trinajstić information content (AvgIpc) is 3.00. The number of aromatic nitrogens is 2. The number of rotatable bonds is 4. The van der Waals surface area contributed by atoms with Crippen LogP contribution in [0.4, 0.5) is 5.95 Å². The lowest BCUT2D eigenvalue weighted by Crippen LogP contribution is -2.43. The second kappa shape index (κ2) is 7.06. The third kappa shape index (κ3) is 3.24. The van der Waals surface area contributed by atoms with Gasteiger partial charge in [-0.1, -0.05) is 35.9 Å². The van der Waals surface area contributed by atoms with Crippen LogP contribution in [-0.2, 0) is 6.54 Å². The molecule has 1 aromatic heterocycles. The maximum atomic E-state index is 9.82. The van der Waals surface area contributed by atoms with Crippen LogP contribution in [0.5, 0.6) is 0 Å². The van der Waals surface area contributed by atoms with Crippen molar-refractivity contribution in [2.24, 2.45) is 0 Å². The topological polar surface area (TPSA) is 41.3 Å². The molecule has 1 N–H and O–H groups in total. The van der Waals surface area contributed by atoms with Crippen LogP contribution in [-0.4, -0.2) is 33.9 Å². The van der Waals surface area contributed by atoms with Gasteiger partial charge in [-0.2, -0.15) is 0 Å². The number of halogens is 1. The highest BCUT2D eigenvalue weighted by molar-refractivity contribution is 6.30. The number of benzene rings is 2. The van der Waals surface area contributed by atoms with E-state index in [4.69, 9.17) is 16.6 Å². The van der Waals surface area contributed by atoms with Crippen molar-refractivity contribution in [2.75, 3.05) is 18.1 Å². The van der Waals surface area contributed by atoms with Gasteiger partial charge in [0.25, 0.3) is 0 Å². The standard InChI is InChI=1S/C20H22ClN3O/c21-16-7-5-6-15(12-16)13-24-19-10-2-1-9-18(19)22-20(24)23-11-4-3-8-17(23)14-25/h1-2,5-7,9-10,12,17,25H,3-4,8,11,13-14H2/t17-/m1/s1. The van der Waals surface area contributed by atoms with E-state index in [0.717, 1.165) is 53.4 Å². The van der Waals surface area contributed by atoms with E-state index in [1.54, 1.807) is 0 Å². The lowest BCUT2D eigenvalue weighted by atomic mass is 10.0. The number of fused-ring (bicyclic) bond motifs is 1. The first-order chi connectivity index (χ1) is 12.3. The summed E-state index contributed by atoms with van der Waals surface area (Å²) in [7, 11) is 0. The van der Waals surface area contributed by atoms with Crippen molar-refractivity contribution in [1.29, 1.82) is 0 Å². The maximum absolute atomic E-state index is 9.82. The normalized spacial score (nSPS) is 18.0. The highest BCUT2D eigenvalue weighted by atomic mass is 35.5. The smallest absolute Gasteiger partial charge is 0.207 e. The molecule has 0 spiro atoms. The molecular formula is C20H22ClN3O. The summed E-state index contributed by atoms with van der Waals surface area (Å²) in [6.45, 7) is 1.82. The fourth-order valence-electron chi connectivity index (χ4n) is 3.71. The number of nitrogens with zero attached hydrogens (tertiary/aromatic N) is 3. The largest absolute Gasteiger partial charge is 0.394 e. The van der Waals surface area contributed by atoms with Crippen molar-refractivity contribution in [3.63, 3.8) is 0 Å². The van der Waals surface area contributed by atoms with E-state index in [1.807, 2.05) is 36.4 Å². The van der Waals surface area contributed by atoms with E-state index in [-0.39, 0.29) is 12.6 Å². The van der Waals surface area contributed by atoms with Crippen LogP contribution in [0.15, 0.2) is 48.5 Å². The van der Waals surface area contributed by atoms with E-state index in [0.29, 0.717) is 6.54 Å². The van der Waals surface area contributed by atoms with Gasteiger partial charge in [0.15, 0.2) is 0 Å². The van der Waals surface area contributed by atoms with Crippen LogP contribution in [0.25, 0.3) is 11.0 Å². The Labute approximate surface area is 152 Å². The maximum Gasteiger partial charge on any atom is 0.207 e. The van der Waals surface area contributed by atoms with Gasteiger partial charge in [0.2, 0.25) is 5.95 Å². The Morgan fingerprint density at radius 1 is 1.12 bits per heavy atom. The second-order valence-electron chi connectivity index (χ2n) is 6.64. The quantitative estimate of drug-likeness (QED) is 0.766. The molecule has 0 amide bonds. The molecule has 4 nitrogen and oxygen atoms in total. The molecule has 0 bridgehead atoms. The molecule has 3 aromatic rings. The minimum Gasteiger partial charge on any atom is -0.394 e. The van der Waals surface area contributed by atoms with Gasteiger partial charge in [-0.15, -0.1) is 0 Å². The minimum atomic E-state index is 0.142. The molecular weight excluding hydrogens is 334 g/mol. The molecule has 25 heavy (non-hydrogen) atoms. The molecule has 0 unspecified atom stereocenters. The summed E-state index contributed by atoms with van der Waals surface area (Å²) in [5.74, 6) is 0.944. The summed E-state index contributed by atoms with van der Waals surface area (Å²) in [5, 5.41) is 10.6. The number of anilines is 1. The number of piperidine rings is 1. The Morgan fingerprint density at radius 2 is 2.00 bits per heavy atom. The van der Waals surface area contributed by atoms with Gasteiger partial charge in [-0.25, -0.2) is 4.98 Å². The van der Waals surface area contributed by atoms with E-state index >= 15 is 0 Å². The molecule has 1 saturated heterocycles. The summed E-state index contributed by atoms with van der Waals surface area (Å²) in [4.78, 5) is 7.17. The average molecular weight is 356 g/mol. The molecule has 5 heteroatoms. The molecule has 130 valence electrons. The number of para-hydroxylation sites is 2. The third-order valence-electron chi connectivity index (χ3n) is 4.96. The fraction of sp³-hybridized carbons (Fsp3) is 0.350. The highest BCUT2D eigenvalue weighted by Gasteiger charge is 2.26. The molecule has 0 radical (unpaired) electrons. The van der Waals surface area contributed by atoms with Crippen molar-refractivity contribution in [2.45, 2.75) is 31.8 Å². The van der Waals surface area contributed by atoms with Crippen molar-refractivity contribution in [1.82, 2.24) is 9.55 Å². The van der Waals surface area contributed by atoms with Crippen LogP contribution in [0.3, 0.4) is 0 Å². The second-order valence-corrected chi connectivity index (χ2v) is 7.08. The monoisotopic (exact) mass is 355 g/mol. The Kier molecular flexibility index (Phi) is 4.64. The summed E-state index contributed by atoms with van der Waals surface area (Å²) in [6.07, 6.45) is 3.31. The first-order valence-electron chi connectivity index (χ1n) is 8.83. The Morgan fingerprint density at radius 3 is 2.84 bits per heavy atom. The number of hydrogen-bond donors (Lipinski definition) is 1. The van der Waals surface area contributed by atoms with Crippen LogP contribution in [0.2, 0.25) is 5.02 Å². The van der Waals surface area contributed by atoms with E-state index in [2.05, 4.69) is 21.6 Å². The van der Waals surface area contributed by atoms with Gasteiger partial charge in [0.1, 0.15) is 0 Å². The first kappa shape index (κ1) is 16.4. The van der Waals surface area contributed by atoms with Crippen molar-refractivity contribution >= 4 is 28.6 Å². The predicted molar refractivity (Wildman–Crippen MR) is 102 cm³/mol. The molecule has 1 atom stereocenters. The van der Waals surface area contributed by atoms with E-state index in [9.17, 15) is 5.11 Å². The van der Waals surface area contributed by atoms with E-state index in [1.165, 1.54) is 0 Å². The molecule has 2 heterocycles. The fourth-order valence-corrected chi connectivity index (χ4v) is 3.92. The lowest BCUT2D eigenvalue weighted by Gasteiger charge is -2.35. The molecule has 2 aromatic carbocycles. The summed E-state index contributed by atoms with van der Waals surface area (Å²) >= 11 is 6.17. The van der Waals surface area contributed by atoms with Crippen LogP contribution < -0.4 is 4.90 Å². The van der Waals surface area contributed by atoms with Gasteiger partial charge in [0.05, 0.1) is 30.2 Å². The highest BCUT2D eigenvalue weighted by Crippen LogP contribution is 2.29. The summed E-state index contributed by atoms with van der Waals surface area (Å²) in [5.41, 5.74) is 3.25. The third-order valence-corrected chi connectivity index (χ3v) is 5.19. The minimum absolute atomic E-state index is 0.142. The summed E-state index contributed by atoms with van der Waals surface area (Å²) < 4.78 is 2.25.